The molecule has 0 spiro atoms. The molecule has 0 saturated heterocycles. The molecule has 0 fully saturated rings. The lowest BCUT2D eigenvalue weighted by atomic mass is 10.3. The van der Waals surface area contributed by atoms with E-state index in [0.717, 1.165) is 6.08 Å². The highest BCUT2D eigenvalue weighted by Crippen LogP contribution is 2.30. The fraction of sp³-hybridized carbons (Fsp3) is 0.600. The minimum Gasteiger partial charge on any atom is -0.247 e. The van der Waals surface area contributed by atoms with E-state index in [0.29, 0.717) is 0 Å². The Morgan fingerprint density at radius 3 is 2.22 bits per heavy atom. The number of halogens is 3. The number of rotatable bonds is 2. The third-order valence-corrected chi connectivity index (χ3v) is 1.36. The molecule has 0 saturated carbocycles. The molecule has 0 aliphatic carbocycles. The van der Waals surface area contributed by atoms with Gasteiger partial charge >= 0.3 is 0 Å². The lowest BCUT2D eigenvalue weighted by Gasteiger charge is -2.08. The molecule has 0 aliphatic heterocycles. The van der Waals surface area contributed by atoms with E-state index < -0.39 is 12.3 Å². The minimum absolute atomic E-state index is 0.255. The standard InChI is InChI=1S/C5H8F3P/c1-4(2-3-6)5(7,8)9/h2H,3,9H2,1H3/b4-2+. The van der Waals surface area contributed by atoms with Crippen molar-refractivity contribution in [2.75, 3.05) is 6.67 Å². The quantitative estimate of drug-likeness (QED) is 0.425. The molecule has 4 heteroatoms. The molecular formula is C5H8F3P. The van der Waals surface area contributed by atoms with Crippen molar-refractivity contribution in [3.8, 4) is 0 Å². The van der Waals surface area contributed by atoms with Crippen molar-refractivity contribution in [2.24, 2.45) is 0 Å². The summed E-state index contributed by atoms with van der Waals surface area (Å²) >= 11 is 0. The summed E-state index contributed by atoms with van der Waals surface area (Å²) < 4.78 is 35.4. The second-order valence-corrected chi connectivity index (χ2v) is 2.39. The zero-order valence-corrected chi connectivity index (χ0v) is 6.15. The van der Waals surface area contributed by atoms with E-state index >= 15 is 0 Å². The molecule has 9 heavy (non-hydrogen) atoms. The van der Waals surface area contributed by atoms with Crippen LogP contribution in [0.4, 0.5) is 13.2 Å². The first kappa shape index (κ1) is 8.96. The number of alkyl halides is 3. The topological polar surface area (TPSA) is 0 Å². The first-order valence-electron chi connectivity index (χ1n) is 2.38. The molecular weight excluding hydrogens is 148 g/mol. The Bertz CT molecular complexity index is 114. The predicted molar refractivity (Wildman–Crippen MR) is 34.4 cm³/mol. The lowest BCUT2D eigenvalue weighted by molar-refractivity contribution is 0.146. The average molecular weight is 156 g/mol. The van der Waals surface area contributed by atoms with Crippen LogP contribution >= 0.6 is 9.24 Å². The molecule has 1 unspecified atom stereocenters. The van der Waals surface area contributed by atoms with Gasteiger partial charge in [0.1, 0.15) is 6.67 Å². The van der Waals surface area contributed by atoms with Crippen LogP contribution in [0.1, 0.15) is 6.92 Å². The van der Waals surface area contributed by atoms with E-state index in [9.17, 15) is 13.2 Å². The SMILES string of the molecule is C/C(=C\CF)C(F)(F)P. The third kappa shape index (κ3) is 3.52. The van der Waals surface area contributed by atoms with Gasteiger partial charge in [0.2, 0.25) is 0 Å². The minimum atomic E-state index is -2.95. The van der Waals surface area contributed by atoms with Crippen LogP contribution in [0.2, 0.25) is 0 Å². The van der Waals surface area contributed by atoms with E-state index in [1.165, 1.54) is 16.2 Å². The summed E-state index contributed by atoms with van der Waals surface area (Å²) in [6.45, 7) is 0.350. The molecule has 0 heterocycles. The maximum atomic E-state index is 12.0. The largest absolute Gasteiger partial charge is 0.279 e. The van der Waals surface area contributed by atoms with Crippen LogP contribution in [0, 0.1) is 0 Å². The van der Waals surface area contributed by atoms with Crippen molar-refractivity contribution in [2.45, 2.75) is 12.6 Å². The number of allylic oxidation sites excluding steroid dienone is 2. The second-order valence-electron chi connectivity index (χ2n) is 1.66. The van der Waals surface area contributed by atoms with Gasteiger partial charge < -0.3 is 0 Å². The second kappa shape index (κ2) is 3.21. The number of hydrogen-bond donors (Lipinski definition) is 0. The molecule has 1 atom stereocenters. The fourth-order valence-corrected chi connectivity index (χ4v) is 0.370. The fourth-order valence-electron chi connectivity index (χ4n) is 0.252. The highest BCUT2D eigenvalue weighted by atomic mass is 31.0. The summed E-state index contributed by atoms with van der Waals surface area (Å²) in [7, 11) is 1.34. The molecule has 0 aromatic rings. The molecule has 54 valence electrons. The Kier molecular flexibility index (Phi) is 3.20. The Hall–Kier alpha value is -0.0400. The molecule has 0 nitrogen and oxygen atoms in total. The Morgan fingerprint density at radius 1 is 1.67 bits per heavy atom. The van der Waals surface area contributed by atoms with Gasteiger partial charge in [0, 0.05) is 0 Å². The summed E-state index contributed by atoms with van der Waals surface area (Å²) in [5, 5.41) is 0. The molecule has 0 aromatic carbocycles. The van der Waals surface area contributed by atoms with Gasteiger partial charge in [-0.2, -0.15) is 8.78 Å². The highest BCUT2D eigenvalue weighted by Gasteiger charge is 2.22. The van der Waals surface area contributed by atoms with E-state index in [1.807, 2.05) is 0 Å². The monoisotopic (exact) mass is 156 g/mol. The van der Waals surface area contributed by atoms with Crippen LogP contribution < -0.4 is 0 Å². The third-order valence-electron chi connectivity index (χ3n) is 0.909. The van der Waals surface area contributed by atoms with Gasteiger partial charge in [-0.1, -0.05) is 9.24 Å². The summed E-state index contributed by atoms with van der Waals surface area (Å²) in [4.78, 5) is 0. The summed E-state index contributed by atoms with van der Waals surface area (Å²) in [5.41, 5.74) is -3.21. The highest BCUT2D eigenvalue weighted by molar-refractivity contribution is 7.18. The van der Waals surface area contributed by atoms with Gasteiger partial charge in [-0.3, -0.25) is 0 Å². The molecule has 0 rings (SSSR count). The summed E-state index contributed by atoms with van der Waals surface area (Å²) in [6.07, 6.45) is 0.854. The van der Waals surface area contributed by atoms with Gasteiger partial charge in [-0.15, -0.1) is 0 Å². The zero-order chi connectivity index (χ0) is 7.49. The van der Waals surface area contributed by atoms with Crippen LogP contribution in [-0.4, -0.2) is 12.3 Å². The Morgan fingerprint density at radius 2 is 2.11 bits per heavy atom. The van der Waals surface area contributed by atoms with Crippen molar-refractivity contribution in [3.63, 3.8) is 0 Å². The van der Waals surface area contributed by atoms with Gasteiger partial charge in [0.05, 0.1) is 0 Å². The predicted octanol–water partition coefficient (Wildman–Crippen LogP) is 2.37. The average Bonchev–Trinajstić information content (AvgIpc) is 1.64. The zero-order valence-electron chi connectivity index (χ0n) is 5.00. The normalized spacial score (nSPS) is 14.1. The van der Waals surface area contributed by atoms with Crippen LogP contribution in [0.25, 0.3) is 0 Å². The van der Waals surface area contributed by atoms with Gasteiger partial charge in [-0.25, -0.2) is 4.39 Å². The first-order valence-corrected chi connectivity index (χ1v) is 2.96. The molecule has 0 amide bonds. The van der Waals surface area contributed by atoms with Crippen LogP contribution in [0.15, 0.2) is 11.6 Å². The lowest BCUT2D eigenvalue weighted by Crippen LogP contribution is -2.05. The molecule has 0 N–H and O–H groups in total. The van der Waals surface area contributed by atoms with Crippen molar-refractivity contribution >= 4 is 9.24 Å². The Labute approximate surface area is 54.3 Å². The summed E-state index contributed by atoms with van der Waals surface area (Å²) in [6, 6.07) is 0. The van der Waals surface area contributed by atoms with Crippen molar-refractivity contribution in [3.05, 3.63) is 11.6 Å². The molecule has 0 aliphatic rings. The van der Waals surface area contributed by atoms with Gasteiger partial charge in [-0.05, 0) is 18.6 Å². The van der Waals surface area contributed by atoms with Gasteiger partial charge in [0.25, 0.3) is 5.66 Å². The van der Waals surface area contributed by atoms with Crippen molar-refractivity contribution in [1.82, 2.24) is 0 Å². The van der Waals surface area contributed by atoms with E-state index in [1.54, 1.807) is 0 Å². The smallest absolute Gasteiger partial charge is 0.247 e. The maximum Gasteiger partial charge on any atom is 0.279 e. The van der Waals surface area contributed by atoms with Crippen LogP contribution in [0.5, 0.6) is 0 Å². The van der Waals surface area contributed by atoms with Crippen molar-refractivity contribution < 1.29 is 13.2 Å². The van der Waals surface area contributed by atoms with Gasteiger partial charge in [0.15, 0.2) is 0 Å². The van der Waals surface area contributed by atoms with Crippen molar-refractivity contribution in [1.29, 1.82) is 0 Å². The summed E-state index contributed by atoms with van der Waals surface area (Å²) in [5.74, 6) is 0. The molecule has 0 radical (unpaired) electrons. The number of hydrogen-bond acceptors (Lipinski definition) is 0. The molecule has 0 bridgehead atoms. The maximum absolute atomic E-state index is 12.0. The van der Waals surface area contributed by atoms with Crippen LogP contribution in [0.3, 0.4) is 0 Å². The van der Waals surface area contributed by atoms with E-state index in [-0.39, 0.29) is 5.57 Å². The molecule has 0 aromatic heterocycles. The first-order chi connectivity index (χ1) is 3.98. The van der Waals surface area contributed by atoms with E-state index in [2.05, 4.69) is 0 Å². The van der Waals surface area contributed by atoms with Crippen LogP contribution in [-0.2, 0) is 0 Å². The van der Waals surface area contributed by atoms with E-state index in [4.69, 9.17) is 0 Å². The Balaban J connectivity index is 4.03.